The second kappa shape index (κ2) is 9.96. The highest BCUT2D eigenvalue weighted by molar-refractivity contribution is 7.99. The third kappa shape index (κ3) is 5.20. The second-order valence-electron chi connectivity index (χ2n) is 6.96. The number of thioether (sulfide) groups is 1. The quantitative estimate of drug-likeness (QED) is 0.368. The average molecular weight is 485 g/mol. The molecule has 0 aliphatic rings. The minimum atomic E-state index is -4.58. The van der Waals surface area contributed by atoms with Crippen molar-refractivity contribution in [1.29, 1.82) is 0 Å². The summed E-state index contributed by atoms with van der Waals surface area (Å²) in [6.45, 7) is 0. The highest BCUT2D eigenvalue weighted by Crippen LogP contribution is 2.35. The highest BCUT2D eigenvalue weighted by atomic mass is 32.2. The Hall–Kier alpha value is -3.86. The number of halogens is 3. The maximum atomic E-state index is 13.2. The molecule has 2 aromatic heterocycles. The van der Waals surface area contributed by atoms with Crippen molar-refractivity contribution >= 4 is 23.4 Å². The lowest BCUT2D eigenvalue weighted by molar-refractivity contribution is -0.137. The number of alkyl halides is 3. The Kier molecular flexibility index (Phi) is 6.82. The molecule has 0 atom stereocenters. The first-order valence-corrected chi connectivity index (χ1v) is 10.9. The van der Waals surface area contributed by atoms with Crippen LogP contribution in [0.1, 0.15) is 5.56 Å². The van der Waals surface area contributed by atoms with Gasteiger partial charge in [0.1, 0.15) is 5.75 Å². The number of anilines is 1. The number of nitrogens with one attached hydrogen (secondary N) is 1. The fourth-order valence-corrected chi connectivity index (χ4v) is 3.94. The van der Waals surface area contributed by atoms with Gasteiger partial charge in [0.05, 0.1) is 29.8 Å². The van der Waals surface area contributed by atoms with Gasteiger partial charge in [-0.3, -0.25) is 14.3 Å². The van der Waals surface area contributed by atoms with Gasteiger partial charge in [0.15, 0.2) is 11.0 Å². The average Bonchev–Trinajstić information content (AvgIpc) is 3.27. The van der Waals surface area contributed by atoms with Crippen molar-refractivity contribution in [3.8, 4) is 22.8 Å². The molecule has 4 rings (SSSR count). The predicted molar refractivity (Wildman–Crippen MR) is 122 cm³/mol. The number of pyridine rings is 1. The first-order valence-electron chi connectivity index (χ1n) is 9.96. The van der Waals surface area contributed by atoms with Gasteiger partial charge >= 0.3 is 6.18 Å². The smallest absolute Gasteiger partial charge is 0.418 e. The number of para-hydroxylation sites is 1. The number of hydrogen-bond acceptors (Lipinski definition) is 6. The van der Waals surface area contributed by atoms with E-state index in [2.05, 4.69) is 20.5 Å². The Morgan fingerprint density at radius 2 is 1.82 bits per heavy atom. The molecular weight excluding hydrogens is 467 g/mol. The summed E-state index contributed by atoms with van der Waals surface area (Å²) in [5, 5.41) is 11.2. The molecule has 0 radical (unpaired) electrons. The topological polar surface area (TPSA) is 81.9 Å². The number of carbonyl (C=O) groups is 1. The van der Waals surface area contributed by atoms with Gasteiger partial charge in [-0.25, -0.2) is 0 Å². The molecule has 1 N–H and O–H groups in total. The van der Waals surface area contributed by atoms with Crippen molar-refractivity contribution in [3.63, 3.8) is 0 Å². The summed E-state index contributed by atoms with van der Waals surface area (Å²) >= 11 is 1.05. The van der Waals surface area contributed by atoms with Crippen LogP contribution < -0.4 is 10.1 Å². The summed E-state index contributed by atoms with van der Waals surface area (Å²) in [5.74, 6) is 0.350. The Labute approximate surface area is 197 Å². The van der Waals surface area contributed by atoms with Crippen molar-refractivity contribution in [2.24, 2.45) is 0 Å². The van der Waals surface area contributed by atoms with Gasteiger partial charge in [-0.15, -0.1) is 10.2 Å². The third-order valence-electron chi connectivity index (χ3n) is 4.72. The minimum absolute atomic E-state index is 0.176. The lowest BCUT2D eigenvalue weighted by Gasteiger charge is -2.14. The van der Waals surface area contributed by atoms with E-state index >= 15 is 0 Å². The van der Waals surface area contributed by atoms with Crippen molar-refractivity contribution < 1.29 is 22.7 Å². The SMILES string of the molecule is COc1cccc(-n2c(SCC(=O)Nc3ccccc3C(F)(F)F)nnc2-c2ccncc2)c1. The van der Waals surface area contributed by atoms with Crippen molar-refractivity contribution in [3.05, 3.63) is 78.6 Å². The number of methoxy groups -OCH3 is 1. The molecule has 0 aliphatic heterocycles. The number of ether oxygens (including phenoxy) is 1. The van der Waals surface area contributed by atoms with Gasteiger partial charge in [0.25, 0.3) is 0 Å². The van der Waals surface area contributed by atoms with Gasteiger partial charge in [-0.2, -0.15) is 13.2 Å². The maximum absolute atomic E-state index is 13.2. The fourth-order valence-electron chi connectivity index (χ4n) is 3.19. The molecule has 11 heteroatoms. The molecule has 0 fully saturated rings. The monoisotopic (exact) mass is 485 g/mol. The third-order valence-corrected chi connectivity index (χ3v) is 5.65. The molecule has 4 aromatic rings. The molecule has 0 bridgehead atoms. The molecule has 1 amide bonds. The molecule has 0 unspecified atom stereocenters. The van der Waals surface area contributed by atoms with E-state index in [1.165, 1.54) is 18.2 Å². The van der Waals surface area contributed by atoms with Gasteiger partial charge in [-0.05, 0) is 36.4 Å². The van der Waals surface area contributed by atoms with Crippen LogP contribution in [0.15, 0.2) is 78.2 Å². The Bertz CT molecular complexity index is 1300. The summed E-state index contributed by atoms with van der Waals surface area (Å²) in [7, 11) is 1.55. The highest BCUT2D eigenvalue weighted by Gasteiger charge is 2.33. The molecule has 0 saturated carbocycles. The van der Waals surface area contributed by atoms with Gasteiger partial charge in [-0.1, -0.05) is 30.0 Å². The zero-order valence-electron chi connectivity index (χ0n) is 17.8. The van der Waals surface area contributed by atoms with E-state index in [1.807, 2.05) is 6.07 Å². The van der Waals surface area contributed by atoms with E-state index in [0.29, 0.717) is 22.4 Å². The van der Waals surface area contributed by atoms with E-state index in [0.717, 1.165) is 23.4 Å². The molecule has 2 heterocycles. The van der Waals surface area contributed by atoms with Crippen LogP contribution in [0.2, 0.25) is 0 Å². The fraction of sp³-hybridized carbons (Fsp3) is 0.130. The van der Waals surface area contributed by atoms with Crippen molar-refractivity contribution in [2.75, 3.05) is 18.2 Å². The van der Waals surface area contributed by atoms with Crippen LogP contribution in [-0.2, 0) is 11.0 Å². The summed E-state index contributed by atoms with van der Waals surface area (Å²) in [5.41, 5.74) is 0.238. The summed E-state index contributed by atoms with van der Waals surface area (Å²) in [6.07, 6.45) is -1.33. The largest absolute Gasteiger partial charge is 0.497 e. The molecule has 174 valence electrons. The standard InChI is InChI=1S/C23H18F3N5O2S/c1-33-17-6-4-5-16(13-17)31-21(15-9-11-27-12-10-15)29-30-22(31)34-14-20(32)28-19-8-3-2-7-18(19)23(24,25)26/h2-13H,14H2,1H3,(H,28,32). The minimum Gasteiger partial charge on any atom is -0.497 e. The van der Waals surface area contributed by atoms with Crippen LogP contribution in [0.3, 0.4) is 0 Å². The number of aromatic nitrogens is 4. The number of hydrogen-bond donors (Lipinski definition) is 1. The number of carbonyl (C=O) groups excluding carboxylic acids is 1. The number of amides is 1. The summed E-state index contributed by atoms with van der Waals surface area (Å²) < 4.78 is 46.7. The van der Waals surface area contributed by atoms with Crippen LogP contribution in [0.4, 0.5) is 18.9 Å². The number of rotatable bonds is 7. The first-order chi connectivity index (χ1) is 16.4. The lowest BCUT2D eigenvalue weighted by Crippen LogP contribution is -2.18. The van der Waals surface area contributed by atoms with Crippen LogP contribution in [-0.4, -0.2) is 38.5 Å². The Morgan fingerprint density at radius 1 is 1.06 bits per heavy atom. The van der Waals surface area contributed by atoms with E-state index in [4.69, 9.17) is 4.74 Å². The Balaban J connectivity index is 1.60. The van der Waals surface area contributed by atoms with Gasteiger partial charge in [0, 0.05) is 24.0 Å². The molecule has 34 heavy (non-hydrogen) atoms. The lowest BCUT2D eigenvalue weighted by atomic mass is 10.1. The van der Waals surface area contributed by atoms with Crippen molar-refractivity contribution in [2.45, 2.75) is 11.3 Å². The normalized spacial score (nSPS) is 11.3. The predicted octanol–water partition coefficient (Wildman–Crippen LogP) is 5.09. The van der Waals surface area contributed by atoms with Crippen LogP contribution >= 0.6 is 11.8 Å². The molecule has 7 nitrogen and oxygen atoms in total. The van der Waals surface area contributed by atoms with Crippen LogP contribution in [0.5, 0.6) is 5.75 Å². The number of nitrogens with zero attached hydrogens (tertiary/aromatic N) is 4. The Morgan fingerprint density at radius 3 is 2.56 bits per heavy atom. The number of benzene rings is 2. The summed E-state index contributed by atoms with van der Waals surface area (Å²) in [4.78, 5) is 16.5. The van der Waals surface area contributed by atoms with E-state index in [9.17, 15) is 18.0 Å². The van der Waals surface area contributed by atoms with Gasteiger partial charge in [0.2, 0.25) is 5.91 Å². The molecule has 2 aromatic carbocycles. The first kappa shape index (κ1) is 23.3. The second-order valence-corrected chi connectivity index (χ2v) is 7.90. The zero-order valence-corrected chi connectivity index (χ0v) is 18.6. The molecule has 0 saturated heterocycles. The molecule has 0 spiro atoms. The van der Waals surface area contributed by atoms with E-state index in [-0.39, 0.29) is 11.4 Å². The van der Waals surface area contributed by atoms with E-state index < -0.39 is 17.6 Å². The summed E-state index contributed by atoms with van der Waals surface area (Å²) in [6, 6.07) is 15.6. The van der Waals surface area contributed by atoms with Crippen LogP contribution in [0, 0.1) is 0 Å². The zero-order chi connectivity index (χ0) is 24.1. The molecule has 0 aliphatic carbocycles. The van der Waals surface area contributed by atoms with Crippen LogP contribution in [0.25, 0.3) is 17.1 Å². The molecular formula is C23H18F3N5O2S. The van der Waals surface area contributed by atoms with E-state index in [1.54, 1.807) is 54.4 Å². The van der Waals surface area contributed by atoms with Crippen molar-refractivity contribution in [1.82, 2.24) is 19.7 Å². The maximum Gasteiger partial charge on any atom is 0.418 e. The van der Waals surface area contributed by atoms with Gasteiger partial charge < -0.3 is 10.1 Å².